The summed E-state index contributed by atoms with van der Waals surface area (Å²) in [6, 6.07) is 0.361. The van der Waals surface area contributed by atoms with Crippen LogP contribution in [0.25, 0.3) is 0 Å². The number of aliphatic imine (C=N–C) groups is 1. The van der Waals surface area contributed by atoms with Crippen molar-refractivity contribution < 1.29 is 47.9 Å². The molecular formula is C37H57N13O10. The highest BCUT2D eigenvalue weighted by Crippen LogP contribution is 2.09. The molecule has 1 aliphatic heterocycles. The first-order valence-corrected chi connectivity index (χ1v) is 19.4. The summed E-state index contributed by atoms with van der Waals surface area (Å²) in [5, 5.41) is 20.0. The van der Waals surface area contributed by atoms with Crippen molar-refractivity contribution in [1.82, 2.24) is 42.5 Å². The van der Waals surface area contributed by atoms with E-state index in [2.05, 4.69) is 47.5 Å². The molecule has 0 saturated carbocycles. The van der Waals surface area contributed by atoms with Crippen LogP contribution in [0.5, 0.6) is 0 Å². The number of hydrogen-bond donors (Lipinski definition) is 12. The molecule has 16 N–H and O–H groups in total. The van der Waals surface area contributed by atoms with Gasteiger partial charge in [0.25, 0.3) is 0 Å². The first-order valence-electron chi connectivity index (χ1n) is 19.4. The number of guanidine groups is 1. The summed E-state index contributed by atoms with van der Waals surface area (Å²) in [5.41, 5.74) is 22.4. The summed E-state index contributed by atoms with van der Waals surface area (Å²) in [5.74, 6) is -8.13. The van der Waals surface area contributed by atoms with Gasteiger partial charge < -0.3 is 65.5 Å². The van der Waals surface area contributed by atoms with Crippen LogP contribution >= 0.6 is 0 Å². The Morgan fingerprint density at radius 2 is 1.38 bits per heavy atom. The molecule has 1 heterocycles. The summed E-state index contributed by atoms with van der Waals surface area (Å²) in [6.45, 7) is 2.08. The van der Waals surface area contributed by atoms with Gasteiger partial charge in [0.05, 0.1) is 6.54 Å². The van der Waals surface area contributed by atoms with E-state index in [1.165, 1.54) is 13.8 Å². The molecule has 23 nitrogen and oxygen atoms in total. The Morgan fingerprint density at radius 3 is 2.02 bits per heavy atom. The summed E-state index contributed by atoms with van der Waals surface area (Å²) < 4.78 is 0. The van der Waals surface area contributed by atoms with Crippen molar-refractivity contribution in [3.05, 3.63) is 35.9 Å². The zero-order chi connectivity index (χ0) is 44.8. The number of amides is 10. The van der Waals surface area contributed by atoms with Crippen molar-refractivity contribution in [1.29, 1.82) is 0 Å². The largest absolute Gasteiger partial charge is 0.370 e. The van der Waals surface area contributed by atoms with Crippen molar-refractivity contribution in [3.8, 4) is 0 Å². The standard InChI is InChI=1S/C37H57N13O10/c1-20-32(56)47-23(31(39)55)10-6-16-42-29(53)15-13-25(46-30(54)19-44-21(2)51)34(58)49-26(12-14-28(38)52)35(59)50-27(18-22-8-4-3-5-9-22)36(60)48-24(33(57)45-20)11-7-17-43-37(40)41/h3-5,8-9,20,23-27H,6-7,10-19H2,1-2H3,(H2,38,52)(H2,39,55)(H,42,53)(H,44,51)(H,45,57)(H,46,54)(H,47,56)(H,48,60)(H,49,58)(H,50,59)(H4,40,41,43)/t20-,23?,24-,25?,26-,27?/m0/s1. The topological polar surface area (TPSA) is 383 Å². The van der Waals surface area contributed by atoms with Crippen molar-refractivity contribution in [2.24, 2.45) is 27.9 Å². The van der Waals surface area contributed by atoms with Crippen molar-refractivity contribution in [2.45, 2.75) is 108 Å². The molecule has 2 rings (SSSR count). The number of rotatable bonds is 13. The molecule has 3 unspecified atom stereocenters. The summed E-state index contributed by atoms with van der Waals surface area (Å²) in [6.07, 6.45) is -1.20. The quantitative estimate of drug-likeness (QED) is 0.0504. The van der Waals surface area contributed by atoms with Gasteiger partial charge in [-0.3, -0.25) is 52.9 Å². The first kappa shape index (κ1) is 49.3. The van der Waals surface area contributed by atoms with Gasteiger partial charge in [0.2, 0.25) is 59.1 Å². The predicted molar refractivity (Wildman–Crippen MR) is 215 cm³/mol. The Hall–Kier alpha value is -6.81. The Morgan fingerprint density at radius 1 is 0.767 bits per heavy atom. The highest BCUT2D eigenvalue weighted by atomic mass is 16.2. The molecule has 1 saturated heterocycles. The molecule has 10 amide bonds. The lowest BCUT2D eigenvalue weighted by Gasteiger charge is -2.27. The number of carbonyl (C=O) groups excluding carboxylic acids is 10. The number of benzene rings is 1. The fourth-order valence-corrected chi connectivity index (χ4v) is 5.78. The Balaban J connectivity index is 2.60. The van der Waals surface area contributed by atoms with E-state index in [-0.39, 0.29) is 70.4 Å². The summed E-state index contributed by atoms with van der Waals surface area (Å²) in [4.78, 5) is 134. The Bertz CT molecular complexity index is 1740. The number of nitrogens with two attached hydrogens (primary N) is 4. The molecular weight excluding hydrogens is 786 g/mol. The number of carbonyl (C=O) groups is 10. The molecule has 6 atom stereocenters. The second-order valence-corrected chi connectivity index (χ2v) is 14.1. The molecule has 1 aromatic carbocycles. The summed E-state index contributed by atoms with van der Waals surface area (Å²) in [7, 11) is 0. The van der Waals surface area contributed by atoms with Gasteiger partial charge in [-0.1, -0.05) is 30.3 Å². The van der Waals surface area contributed by atoms with Crippen LogP contribution in [0.2, 0.25) is 0 Å². The fraction of sp³-hybridized carbons (Fsp3) is 0.541. The van der Waals surface area contributed by atoms with Crippen LogP contribution < -0.4 is 65.5 Å². The van der Waals surface area contributed by atoms with Crippen LogP contribution in [0.4, 0.5) is 0 Å². The zero-order valence-electron chi connectivity index (χ0n) is 33.7. The van der Waals surface area contributed by atoms with Gasteiger partial charge in [0, 0.05) is 39.3 Å². The third kappa shape index (κ3) is 19.1. The minimum absolute atomic E-state index is 0.00769. The van der Waals surface area contributed by atoms with E-state index >= 15 is 0 Å². The summed E-state index contributed by atoms with van der Waals surface area (Å²) >= 11 is 0. The normalized spacial score (nSPS) is 22.8. The van der Waals surface area contributed by atoms with E-state index in [0.717, 1.165) is 0 Å². The van der Waals surface area contributed by atoms with Crippen LogP contribution in [0, 0.1) is 0 Å². The molecule has 0 radical (unpaired) electrons. The number of nitrogens with zero attached hydrogens (tertiary/aromatic N) is 1. The molecule has 60 heavy (non-hydrogen) atoms. The van der Waals surface area contributed by atoms with E-state index in [4.69, 9.17) is 22.9 Å². The number of hydrogen-bond acceptors (Lipinski definition) is 11. The van der Waals surface area contributed by atoms with Gasteiger partial charge in [-0.25, -0.2) is 0 Å². The van der Waals surface area contributed by atoms with Crippen LogP contribution in [-0.2, 0) is 54.4 Å². The van der Waals surface area contributed by atoms with Crippen LogP contribution in [-0.4, -0.2) is 121 Å². The average molecular weight is 844 g/mol. The van der Waals surface area contributed by atoms with Crippen LogP contribution in [0.3, 0.4) is 0 Å². The molecule has 23 heteroatoms. The lowest BCUT2D eigenvalue weighted by Crippen LogP contribution is -2.60. The van der Waals surface area contributed by atoms with Gasteiger partial charge in [-0.15, -0.1) is 0 Å². The molecule has 1 aliphatic rings. The minimum Gasteiger partial charge on any atom is -0.370 e. The third-order valence-electron chi connectivity index (χ3n) is 9.02. The Kier molecular flexibility index (Phi) is 21.0. The van der Waals surface area contributed by atoms with Gasteiger partial charge in [-0.2, -0.15) is 0 Å². The third-order valence-corrected chi connectivity index (χ3v) is 9.02. The average Bonchev–Trinajstić information content (AvgIpc) is 3.18. The van der Waals surface area contributed by atoms with Gasteiger partial charge in [0.1, 0.15) is 36.3 Å². The van der Waals surface area contributed by atoms with Crippen molar-refractivity contribution >= 4 is 65.0 Å². The first-order chi connectivity index (χ1) is 28.4. The van der Waals surface area contributed by atoms with Gasteiger partial charge in [-0.05, 0) is 51.0 Å². The highest BCUT2D eigenvalue weighted by Gasteiger charge is 2.33. The van der Waals surface area contributed by atoms with E-state index in [1.54, 1.807) is 30.3 Å². The minimum atomic E-state index is -1.52. The SMILES string of the molecule is CC(=O)NCC(=O)NC1CCC(=O)NCCCC(C(N)=O)NC(=O)[C@H](C)NC(=O)[C@H](CCCN=C(N)N)NC(=O)C(Cc2ccccc2)NC(=O)[C@H](CCC(N)=O)NC1=O. The lowest BCUT2D eigenvalue weighted by molar-refractivity contribution is -0.135. The second-order valence-electron chi connectivity index (χ2n) is 14.1. The van der Waals surface area contributed by atoms with Crippen molar-refractivity contribution in [2.75, 3.05) is 19.6 Å². The molecule has 0 aromatic heterocycles. The van der Waals surface area contributed by atoms with E-state index < -0.39 is 108 Å². The second kappa shape index (κ2) is 25.5. The van der Waals surface area contributed by atoms with Crippen LogP contribution in [0.15, 0.2) is 35.3 Å². The monoisotopic (exact) mass is 843 g/mol. The lowest BCUT2D eigenvalue weighted by atomic mass is 10.0. The molecule has 1 aromatic rings. The molecule has 1 fully saturated rings. The van der Waals surface area contributed by atoms with Gasteiger partial charge >= 0.3 is 0 Å². The number of primary amides is 2. The van der Waals surface area contributed by atoms with Crippen LogP contribution in [0.1, 0.15) is 70.8 Å². The fourth-order valence-electron chi connectivity index (χ4n) is 5.78. The highest BCUT2D eigenvalue weighted by molar-refractivity contribution is 5.97. The number of nitrogens with one attached hydrogen (secondary N) is 8. The van der Waals surface area contributed by atoms with E-state index in [1.807, 2.05) is 0 Å². The molecule has 330 valence electrons. The van der Waals surface area contributed by atoms with Crippen molar-refractivity contribution in [3.63, 3.8) is 0 Å². The van der Waals surface area contributed by atoms with E-state index in [9.17, 15) is 47.9 Å². The predicted octanol–water partition coefficient (Wildman–Crippen LogP) is -5.21. The molecule has 0 spiro atoms. The smallest absolute Gasteiger partial charge is 0.243 e. The Labute approximate surface area is 346 Å². The van der Waals surface area contributed by atoms with Gasteiger partial charge in [0.15, 0.2) is 5.96 Å². The van der Waals surface area contributed by atoms with E-state index in [0.29, 0.717) is 5.56 Å². The maximum Gasteiger partial charge on any atom is 0.243 e. The molecule has 0 aliphatic carbocycles. The maximum atomic E-state index is 14.1. The zero-order valence-corrected chi connectivity index (χ0v) is 33.7. The maximum absolute atomic E-state index is 14.1. The molecule has 0 bridgehead atoms.